The topological polar surface area (TPSA) is 233 Å². The molecule has 0 unspecified atom stereocenters. The highest BCUT2D eigenvalue weighted by molar-refractivity contribution is 7.90. The van der Waals surface area contributed by atoms with Gasteiger partial charge in [-0.2, -0.15) is 0 Å². The van der Waals surface area contributed by atoms with E-state index < -0.39 is 44.2 Å². The van der Waals surface area contributed by atoms with Gasteiger partial charge in [-0.15, -0.1) is 0 Å². The molecule has 0 bridgehead atoms. The Kier molecular flexibility index (Phi) is 11.6. The van der Waals surface area contributed by atoms with Gasteiger partial charge in [0.05, 0.1) is 11.4 Å². The molecule has 60 heavy (non-hydrogen) atoms. The molecule has 0 radical (unpaired) electrons. The first-order valence-corrected chi connectivity index (χ1v) is 20.9. The Morgan fingerprint density at radius 1 is 0.317 bits per heavy atom. The number of anilines is 6. The molecule has 0 aromatic heterocycles. The van der Waals surface area contributed by atoms with Crippen LogP contribution < -0.4 is 41.3 Å². The van der Waals surface area contributed by atoms with Crippen LogP contribution in [0.4, 0.5) is 53.3 Å². The van der Waals surface area contributed by atoms with Gasteiger partial charge in [0.2, 0.25) is 0 Å². The zero-order valence-corrected chi connectivity index (χ0v) is 32.7. The number of carbonyl (C=O) groups is 4. The van der Waals surface area contributed by atoms with Crippen molar-refractivity contribution in [2.45, 2.75) is 9.79 Å². The molecule has 0 aliphatic rings. The van der Waals surface area contributed by atoms with E-state index in [0.29, 0.717) is 11.4 Å². The number of hydrogen-bond donors (Lipinski definition) is 8. The maximum Gasteiger partial charge on any atom is 0.333 e. The summed E-state index contributed by atoms with van der Waals surface area (Å²) in [5.41, 5.74) is 1.01. The molecule has 0 saturated carbocycles. The van der Waals surface area contributed by atoms with E-state index in [2.05, 4.69) is 31.9 Å². The van der Waals surface area contributed by atoms with Crippen molar-refractivity contribution in [3.8, 4) is 0 Å². The van der Waals surface area contributed by atoms with Gasteiger partial charge in [-0.1, -0.05) is 84.9 Å². The summed E-state index contributed by atoms with van der Waals surface area (Å²) < 4.78 is 56.8. The minimum Gasteiger partial charge on any atom is -0.308 e. The summed E-state index contributed by atoms with van der Waals surface area (Å²) in [6.45, 7) is 0. The van der Waals surface area contributed by atoms with E-state index in [1.165, 1.54) is 72.8 Å². The molecule has 0 spiro atoms. The Morgan fingerprint density at radius 3 is 1.03 bits per heavy atom. The van der Waals surface area contributed by atoms with Crippen molar-refractivity contribution in [3.05, 3.63) is 158 Å². The van der Waals surface area contributed by atoms with Crippen LogP contribution >= 0.6 is 0 Å². The van der Waals surface area contributed by atoms with Crippen LogP contribution in [0.5, 0.6) is 0 Å². The molecule has 0 fully saturated rings. The third kappa shape index (κ3) is 9.94. The first kappa shape index (κ1) is 40.2. The van der Waals surface area contributed by atoms with E-state index in [1.54, 1.807) is 24.3 Å². The van der Waals surface area contributed by atoms with Crippen LogP contribution in [0.1, 0.15) is 0 Å². The van der Waals surface area contributed by atoms with Crippen molar-refractivity contribution in [3.63, 3.8) is 0 Å². The van der Waals surface area contributed by atoms with Crippen molar-refractivity contribution in [1.29, 1.82) is 0 Å². The van der Waals surface area contributed by atoms with E-state index in [1.807, 2.05) is 70.1 Å². The normalized spacial score (nSPS) is 11.2. The fraction of sp³-hybridized carbons (Fsp3) is 0. The van der Waals surface area contributed by atoms with Gasteiger partial charge in [0.15, 0.2) is 0 Å². The summed E-state index contributed by atoms with van der Waals surface area (Å²) in [5, 5.41) is 18.8. The number of fused-ring (bicyclic) bond motifs is 2. The van der Waals surface area contributed by atoms with Crippen molar-refractivity contribution >= 4 is 99.8 Å². The van der Waals surface area contributed by atoms with Gasteiger partial charge in [-0.3, -0.25) is 0 Å². The number of amides is 8. The third-order valence-electron chi connectivity index (χ3n) is 8.72. The zero-order chi connectivity index (χ0) is 42.3. The number of carbonyl (C=O) groups excluding carboxylic acids is 4. The number of nitrogens with one attached hydrogen (secondary N) is 8. The molecular weight excluding hydrogens is 809 g/mol. The number of sulfonamides is 2. The van der Waals surface area contributed by atoms with Gasteiger partial charge in [0.1, 0.15) is 9.79 Å². The Labute approximate surface area is 343 Å². The maximum atomic E-state index is 13.2. The molecule has 8 amide bonds. The molecule has 302 valence electrons. The minimum absolute atomic E-state index is 0.0889. The number of hydrogen-bond acceptors (Lipinski definition) is 8. The average molecular weight is 843 g/mol. The van der Waals surface area contributed by atoms with Crippen LogP contribution in [0.3, 0.4) is 0 Å². The van der Waals surface area contributed by atoms with E-state index >= 15 is 0 Å². The number of benzene rings is 7. The molecule has 18 heteroatoms. The second kappa shape index (κ2) is 17.3. The summed E-state index contributed by atoms with van der Waals surface area (Å²) in [6, 6.07) is 38.4. The fourth-order valence-electron chi connectivity index (χ4n) is 6.02. The van der Waals surface area contributed by atoms with Gasteiger partial charge in [-0.05, 0) is 94.3 Å². The first-order chi connectivity index (χ1) is 28.8. The first-order valence-electron chi connectivity index (χ1n) is 17.9. The van der Waals surface area contributed by atoms with Crippen LogP contribution in [-0.2, 0) is 20.0 Å². The van der Waals surface area contributed by atoms with Crippen molar-refractivity contribution < 1.29 is 36.0 Å². The number of para-hydroxylation sites is 2. The molecule has 0 atom stereocenters. The highest BCUT2D eigenvalue weighted by atomic mass is 32.2. The molecule has 0 saturated heterocycles. The molecule has 8 N–H and O–H groups in total. The minimum atomic E-state index is -4.51. The molecule has 7 rings (SSSR count). The number of rotatable bonds is 10. The van der Waals surface area contributed by atoms with E-state index in [4.69, 9.17) is 0 Å². The van der Waals surface area contributed by atoms with E-state index in [0.717, 1.165) is 21.5 Å². The Morgan fingerprint density at radius 2 is 0.633 bits per heavy atom. The zero-order valence-electron chi connectivity index (χ0n) is 31.1. The van der Waals surface area contributed by atoms with E-state index in [9.17, 15) is 36.0 Å². The molecular formula is C42H34N8O8S2. The SMILES string of the molecule is O=C(Nc1ccc2ccccc2c1)Nc1ccccc1S(=O)(=O)NC(=O)Nc1ccc(NC(=O)NS(=O)(=O)c2ccccc2NC(=O)Nc2ccc3ccccc3c2)cc1. The van der Waals surface area contributed by atoms with Crippen LogP contribution in [0.25, 0.3) is 21.5 Å². The van der Waals surface area contributed by atoms with Gasteiger partial charge in [-0.25, -0.2) is 45.5 Å². The molecule has 0 aliphatic carbocycles. The lowest BCUT2D eigenvalue weighted by Gasteiger charge is -2.14. The molecule has 7 aromatic rings. The Balaban J connectivity index is 0.921. The van der Waals surface area contributed by atoms with E-state index in [-0.39, 0.29) is 32.5 Å². The van der Waals surface area contributed by atoms with Crippen LogP contribution in [0.15, 0.2) is 168 Å². The quantitative estimate of drug-likeness (QED) is 0.0666. The van der Waals surface area contributed by atoms with Gasteiger partial charge < -0.3 is 31.9 Å². The standard InChI is InChI=1S/C42H34N8O8S2/c51-39(45-33-19-17-27-9-1-3-11-29(27)25-33)47-35-13-5-7-15-37(35)59(55,56)49-41(53)43-31-21-23-32(24-22-31)44-42(54)50-60(57,58)38-16-8-6-14-36(38)48-40(52)46-34-20-18-28-10-2-4-12-30(28)26-34/h1-26H,(H2,43,49,53)(H2,44,50,54)(H2,45,47,51)(H2,46,48,52). The van der Waals surface area contributed by atoms with Crippen LogP contribution in [-0.4, -0.2) is 41.0 Å². The maximum absolute atomic E-state index is 13.2. The van der Waals surface area contributed by atoms with Crippen molar-refractivity contribution in [2.75, 3.05) is 31.9 Å². The highest BCUT2D eigenvalue weighted by Gasteiger charge is 2.24. The summed E-state index contributed by atoms with van der Waals surface area (Å²) in [5.74, 6) is 0. The van der Waals surface area contributed by atoms with Crippen LogP contribution in [0, 0.1) is 0 Å². The lowest BCUT2D eigenvalue weighted by molar-refractivity contribution is 0.255. The molecule has 0 heterocycles. The third-order valence-corrected chi connectivity index (χ3v) is 11.5. The summed E-state index contributed by atoms with van der Waals surface area (Å²) in [4.78, 5) is 50.5. The predicted molar refractivity (Wildman–Crippen MR) is 231 cm³/mol. The Bertz CT molecular complexity index is 2810. The smallest absolute Gasteiger partial charge is 0.308 e. The summed E-state index contributed by atoms with van der Waals surface area (Å²) >= 11 is 0. The second-order valence-corrected chi connectivity index (χ2v) is 16.3. The lowest BCUT2D eigenvalue weighted by Crippen LogP contribution is -2.35. The molecule has 0 aliphatic heterocycles. The van der Waals surface area contributed by atoms with Crippen LogP contribution in [0.2, 0.25) is 0 Å². The Hall–Kier alpha value is -7.96. The lowest BCUT2D eigenvalue weighted by atomic mass is 10.1. The van der Waals surface area contributed by atoms with Gasteiger partial charge >= 0.3 is 24.1 Å². The largest absolute Gasteiger partial charge is 0.333 e. The van der Waals surface area contributed by atoms with Crippen molar-refractivity contribution in [1.82, 2.24) is 9.44 Å². The highest BCUT2D eigenvalue weighted by Crippen LogP contribution is 2.25. The predicted octanol–water partition coefficient (Wildman–Crippen LogP) is 8.30. The fourth-order valence-corrected chi connectivity index (χ4v) is 8.16. The number of urea groups is 4. The van der Waals surface area contributed by atoms with Crippen molar-refractivity contribution in [2.24, 2.45) is 0 Å². The molecule has 7 aromatic carbocycles. The summed E-state index contributed by atoms with van der Waals surface area (Å²) in [7, 11) is -9.01. The van der Waals surface area contributed by atoms with Gasteiger partial charge in [0.25, 0.3) is 20.0 Å². The van der Waals surface area contributed by atoms with Gasteiger partial charge in [0, 0.05) is 22.7 Å². The molecule has 16 nitrogen and oxygen atoms in total. The average Bonchev–Trinajstić information content (AvgIpc) is 3.21. The summed E-state index contributed by atoms with van der Waals surface area (Å²) in [6.07, 6.45) is 0. The second-order valence-electron chi connectivity index (χ2n) is 13.0. The monoisotopic (exact) mass is 842 g/mol.